The second-order valence-corrected chi connectivity index (χ2v) is 7.42. The molecule has 0 aliphatic heterocycles. The summed E-state index contributed by atoms with van der Waals surface area (Å²) >= 11 is 1.30. The van der Waals surface area contributed by atoms with Gasteiger partial charge in [0.2, 0.25) is 5.91 Å². The first-order valence-corrected chi connectivity index (χ1v) is 10.1. The van der Waals surface area contributed by atoms with Crippen molar-refractivity contribution in [3.8, 4) is 0 Å². The van der Waals surface area contributed by atoms with Gasteiger partial charge in [-0.3, -0.25) is 14.6 Å². The van der Waals surface area contributed by atoms with E-state index in [1.54, 1.807) is 41.4 Å². The van der Waals surface area contributed by atoms with Gasteiger partial charge in [-0.05, 0) is 36.4 Å². The molecule has 150 valence electrons. The molecular weight excluding hydrogens is 400 g/mol. The van der Waals surface area contributed by atoms with Crippen molar-refractivity contribution in [1.82, 2.24) is 19.7 Å². The highest BCUT2D eigenvalue weighted by Crippen LogP contribution is 2.22. The summed E-state index contributed by atoms with van der Waals surface area (Å²) in [7, 11) is 1.82. The molecule has 0 spiro atoms. The standard InChI is InChI=1S/C21H18N6O2S/c1-27-13-23-26-21(27)30-12-18(28)24-16-9-7-15(8-10-16)20(29)25-17-6-2-4-14-5-3-11-22-19(14)17/h2-11,13H,12H2,1H3,(H,24,28)(H,25,29). The Morgan fingerprint density at radius 2 is 1.83 bits per heavy atom. The van der Waals surface area contributed by atoms with E-state index in [1.165, 1.54) is 11.8 Å². The largest absolute Gasteiger partial charge is 0.325 e. The van der Waals surface area contributed by atoms with E-state index in [2.05, 4.69) is 25.8 Å². The van der Waals surface area contributed by atoms with Crippen LogP contribution in [0.3, 0.4) is 0 Å². The van der Waals surface area contributed by atoms with Crippen LogP contribution in [-0.4, -0.2) is 37.3 Å². The van der Waals surface area contributed by atoms with Crippen molar-refractivity contribution >= 4 is 45.9 Å². The molecule has 2 aromatic heterocycles. The van der Waals surface area contributed by atoms with E-state index < -0.39 is 0 Å². The van der Waals surface area contributed by atoms with Crippen LogP contribution >= 0.6 is 11.8 Å². The fraction of sp³-hybridized carbons (Fsp3) is 0.0952. The lowest BCUT2D eigenvalue weighted by Crippen LogP contribution is -2.15. The van der Waals surface area contributed by atoms with Gasteiger partial charge in [-0.2, -0.15) is 0 Å². The summed E-state index contributed by atoms with van der Waals surface area (Å²) < 4.78 is 1.75. The molecule has 0 saturated heterocycles. The van der Waals surface area contributed by atoms with E-state index in [4.69, 9.17) is 0 Å². The van der Waals surface area contributed by atoms with E-state index in [9.17, 15) is 9.59 Å². The molecule has 0 aliphatic carbocycles. The van der Waals surface area contributed by atoms with Gasteiger partial charge in [0, 0.05) is 29.9 Å². The maximum Gasteiger partial charge on any atom is 0.255 e. The van der Waals surface area contributed by atoms with Crippen molar-refractivity contribution in [2.24, 2.45) is 7.05 Å². The Morgan fingerprint density at radius 1 is 1.03 bits per heavy atom. The lowest BCUT2D eigenvalue weighted by Gasteiger charge is -2.09. The molecule has 0 radical (unpaired) electrons. The number of hydrogen-bond donors (Lipinski definition) is 2. The maximum atomic E-state index is 12.6. The molecule has 0 bridgehead atoms. The molecule has 2 heterocycles. The van der Waals surface area contributed by atoms with Gasteiger partial charge in [0.15, 0.2) is 5.16 Å². The van der Waals surface area contributed by atoms with Gasteiger partial charge >= 0.3 is 0 Å². The summed E-state index contributed by atoms with van der Waals surface area (Å²) in [6, 6.07) is 16.2. The third-order valence-corrected chi connectivity index (χ3v) is 5.35. The minimum absolute atomic E-state index is 0.165. The molecule has 9 heteroatoms. The average Bonchev–Trinajstić information content (AvgIpc) is 3.18. The van der Waals surface area contributed by atoms with Gasteiger partial charge in [0.1, 0.15) is 6.33 Å². The van der Waals surface area contributed by atoms with Crippen molar-refractivity contribution in [3.63, 3.8) is 0 Å². The molecule has 4 rings (SSSR count). The van der Waals surface area contributed by atoms with Gasteiger partial charge in [0.05, 0.1) is 17.0 Å². The monoisotopic (exact) mass is 418 g/mol. The lowest BCUT2D eigenvalue weighted by molar-refractivity contribution is -0.113. The zero-order valence-corrected chi connectivity index (χ0v) is 16.9. The number of para-hydroxylation sites is 1. The Bertz CT molecular complexity index is 1200. The minimum atomic E-state index is -0.246. The molecule has 0 fully saturated rings. The third-order valence-electron chi connectivity index (χ3n) is 4.31. The van der Waals surface area contributed by atoms with Crippen molar-refractivity contribution in [2.75, 3.05) is 16.4 Å². The second-order valence-electron chi connectivity index (χ2n) is 6.47. The second kappa shape index (κ2) is 8.75. The van der Waals surface area contributed by atoms with Gasteiger partial charge in [0.25, 0.3) is 5.91 Å². The zero-order valence-electron chi connectivity index (χ0n) is 16.1. The van der Waals surface area contributed by atoms with Gasteiger partial charge < -0.3 is 15.2 Å². The van der Waals surface area contributed by atoms with Crippen LogP contribution in [0.15, 0.2) is 72.3 Å². The molecule has 0 unspecified atom stereocenters. The van der Waals surface area contributed by atoms with Crippen molar-refractivity contribution < 1.29 is 9.59 Å². The van der Waals surface area contributed by atoms with Crippen LogP contribution < -0.4 is 10.6 Å². The number of pyridine rings is 1. The van der Waals surface area contributed by atoms with Crippen molar-refractivity contribution in [2.45, 2.75) is 5.16 Å². The quantitative estimate of drug-likeness (QED) is 0.466. The SMILES string of the molecule is Cn1cnnc1SCC(=O)Nc1ccc(C(=O)Nc2cccc3cccnc23)cc1. The van der Waals surface area contributed by atoms with E-state index in [0.29, 0.717) is 22.1 Å². The first kappa shape index (κ1) is 19.6. The number of amides is 2. The number of thioether (sulfide) groups is 1. The van der Waals surface area contributed by atoms with Crippen LogP contribution in [0.25, 0.3) is 10.9 Å². The molecule has 0 atom stereocenters. The smallest absolute Gasteiger partial charge is 0.255 e. The van der Waals surface area contributed by atoms with Crippen molar-refractivity contribution in [3.05, 3.63) is 72.7 Å². The summed E-state index contributed by atoms with van der Waals surface area (Å²) in [5.74, 6) is -0.200. The lowest BCUT2D eigenvalue weighted by atomic mass is 10.1. The van der Waals surface area contributed by atoms with Crippen LogP contribution in [-0.2, 0) is 11.8 Å². The average molecular weight is 418 g/mol. The highest BCUT2D eigenvalue weighted by molar-refractivity contribution is 7.99. The van der Waals surface area contributed by atoms with Gasteiger partial charge in [-0.15, -0.1) is 10.2 Å². The third kappa shape index (κ3) is 4.47. The van der Waals surface area contributed by atoms with Crippen LogP contribution in [0.4, 0.5) is 11.4 Å². The number of carbonyl (C=O) groups excluding carboxylic acids is 2. The summed E-state index contributed by atoms with van der Waals surface area (Å²) in [6.45, 7) is 0. The minimum Gasteiger partial charge on any atom is -0.325 e. The number of aromatic nitrogens is 4. The number of nitrogens with one attached hydrogen (secondary N) is 2. The summed E-state index contributed by atoms with van der Waals surface area (Å²) in [5, 5.41) is 15.0. The first-order valence-electron chi connectivity index (χ1n) is 9.12. The van der Waals surface area contributed by atoms with E-state index in [-0.39, 0.29) is 17.6 Å². The predicted octanol–water partition coefficient (Wildman–Crippen LogP) is 3.35. The van der Waals surface area contributed by atoms with Crippen molar-refractivity contribution in [1.29, 1.82) is 0 Å². The van der Waals surface area contributed by atoms with Crippen LogP contribution in [0.2, 0.25) is 0 Å². The Balaban J connectivity index is 1.37. The summed E-state index contributed by atoms with van der Waals surface area (Å²) in [4.78, 5) is 29.1. The highest BCUT2D eigenvalue weighted by atomic mass is 32.2. The number of fused-ring (bicyclic) bond motifs is 1. The summed E-state index contributed by atoms with van der Waals surface area (Å²) in [5.41, 5.74) is 2.48. The molecule has 2 N–H and O–H groups in total. The van der Waals surface area contributed by atoms with E-state index in [0.717, 1.165) is 10.9 Å². The van der Waals surface area contributed by atoms with Crippen LogP contribution in [0, 0.1) is 0 Å². The molecule has 2 aromatic carbocycles. The zero-order chi connectivity index (χ0) is 20.9. The molecule has 0 saturated carbocycles. The fourth-order valence-electron chi connectivity index (χ4n) is 2.83. The van der Waals surface area contributed by atoms with Crippen LogP contribution in [0.1, 0.15) is 10.4 Å². The van der Waals surface area contributed by atoms with Gasteiger partial charge in [-0.1, -0.05) is 30.0 Å². The Labute approximate surface area is 176 Å². The molecule has 8 nitrogen and oxygen atoms in total. The molecule has 2 amide bonds. The summed E-state index contributed by atoms with van der Waals surface area (Å²) in [6.07, 6.45) is 3.27. The Kier molecular flexibility index (Phi) is 5.71. The number of aryl methyl sites for hydroxylation is 1. The molecule has 4 aromatic rings. The van der Waals surface area contributed by atoms with Gasteiger partial charge in [-0.25, -0.2) is 0 Å². The number of rotatable bonds is 6. The number of carbonyl (C=O) groups is 2. The fourth-order valence-corrected chi connectivity index (χ4v) is 3.52. The molecular formula is C21H18N6O2S. The number of hydrogen-bond acceptors (Lipinski definition) is 6. The predicted molar refractivity (Wildman–Crippen MR) is 116 cm³/mol. The highest BCUT2D eigenvalue weighted by Gasteiger charge is 2.11. The molecule has 30 heavy (non-hydrogen) atoms. The Hall–Kier alpha value is -3.72. The number of nitrogens with zero attached hydrogens (tertiary/aromatic N) is 4. The first-order chi connectivity index (χ1) is 14.6. The number of anilines is 2. The molecule has 0 aliphatic rings. The number of benzene rings is 2. The topological polar surface area (TPSA) is 102 Å². The normalized spacial score (nSPS) is 10.7. The van der Waals surface area contributed by atoms with Crippen LogP contribution in [0.5, 0.6) is 0 Å². The van der Waals surface area contributed by atoms with E-state index in [1.807, 2.05) is 37.4 Å². The Morgan fingerprint density at radius 3 is 2.60 bits per heavy atom. The van der Waals surface area contributed by atoms with E-state index >= 15 is 0 Å². The maximum absolute atomic E-state index is 12.6.